The van der Waals surface area contributed by atoms with Gasteiger partial charge in [0, 0.05) is 6.54 Å². The molecular weight excluding hydrogens is 230 g/mol. The fraction of sp³-hybridized carbons (Fsp3) is 0.556. The van der Waals surface area contributed by atoms with Crippen LogP contribution < -0.4 is 0 Å². The number of allylic oxidation sites excluding steroid dienone is 1. The predicted molar refractivity (Wildman–Crippen MR) is 82.3 cm³/mol. The van der Waals surface area contributed by atoms with Gasteiger partial charge in [-0.1, -0.05) is 36.8 Å². The maximum atomic E-state index is 2.52. The van der Waals surface area contributed by atoms with Gasteiger partial charge >= 0.3 is 0 Å². The highest BCUT2D eigenvalue weighted by atomic mass is 15.0. The minimum absolute atomic E-state index is 0.829. The molecule has 1 fully saturated rings. The van der Waals surface area contributed by atoms with Crippen molar-refractivity contribution in [3.8, 4) is 0 Å². The van der Waals surface area contributed by atoms with Gasteiger partial charge in [0.25, 0.3) is 0 Å². The highest BCUT2D eigenvalue weighted by Gasteiger charge is 2.32. The second kappa shape index (κ2) is 5.50. The summed E-state index contributed by atoms with van der Waals surface area (Å²) in [5.74, 6) is 1.66. The first-order valence-electron chi connectivity index (χ1n) is 7.70. The quantitative estimate of drug-likeness (QED) is 0.778. The lowest BCUT2D eigenvalue weighted by molar-refractivity contribution is 0.367. The van der Waals surface area contributed by atoms with E-state index in [4.69, 9.17) is 0 Å². The molecule has 102 valence electrons. The first-order chi connectivity index (χ1) is 9.25. The number of hydrogen-bond donors (Lipinski definition) is 0. The normalized spacial score (nSPS) is 27.6. The topological polar surface area (TPSA) is 3.24 Å². The van der Waals surface area contributed by atoms with Gasteiger partial charge in [-0.3, -0.25) is 0 Å². The number of hydrogen-bond acceptors (Lipinski definition) is 1. The summed E-state index contributed by atoms with van der Waals surface area (Å²) in [6, 6.07) is 9.13. The van der Waals surface area contributed by atoms with Crippen LogP contribution in [0, 0.1) is 5.92 Å². The third-order valence-electron chi connectivity index (χ3n) is 4.77. The van der Waals surface area contributed by atoms with Crippen LogP contribution in [0.2, 0.25) is 0 Å². The van der Waals surface area contributed by atoms with E-state index in [1.807, 2.05) is 0 Å². The minimum atomic E-state index is 0.829. The fourth-order valence-electron chi connectivity index (χ4n) is 3.85. The second-order valence-corrected chi connectivity index (χ2v) is 6.40. The van der Waals surface area contributed by atoms with E-state index in [-0.39, 0.29) is 0 Å². The molecule has 0 saturated heterocycles. The number of nitrogens with zero attached hydrogens (tertiary/aromatic N) is 1. The molecule has 0 radical (unpaired) electrons. The van der Waals surface area contributed by atoms with E-state index in [2.05, 4.69) is 49.3 Å². The summed E-state index contributed by atoms with van der Waals surface area (Å²) in [5, 5.41) is 0. The number of fused-ring (bicyclic) bond motifs is 4. The number of benzene rings is 1. The molecule has 1 aromatic carbocycles. The van der Waals surface area contributed by atoms with Crippen LogP contribution in [0.5, 0.6) is 0 Å². The van der Waals surface area contributed by atoms with Gasteiger partial charge in [0.1, 0.15) is 0 Å². The van der Waals surface area contributed by atoms with Crippen LogP contribution in [-0.2, 0) is 0 Å². The molecule has 2 atom stereocenters. The third-order valence-corrected chi connectivity index (χ3v) is 4.77. The summed E-state index contributed by atoms with van der Waals surface area (Å²) < 4.78 is 0. The molecule has 1 saturated carbocycles. The Kier molecular flexibility index (Phi) is 3.74. The van der Waals surface area contributed by atoms with Crippen molar-refractivity contribution in [1.82, 2.24) is 4.90 Å². The van der Waals surface area contributed by atoms with Crippen molar-refractivity contribution in [2.75, 3.05) is 20.6 Å². The van der Waals surface area contributed by atoms with Gasteiger partial charge in [-0.15, -0.1) is 0 Å². The Labute approximate surface area is 117 Å². The zero-order chi connectivity index (χ0) is 13.2. The van der Waals surface area contributed by atoms with Crippen LogP contribution in [0.15, 0.2) is 30.3 Å². The summed E-state index contributed by atoms with van der Waals surface area (Å²) >= 11 is 0. The van der Waals surface area contributed by atoms with Crippen molar-refractivity contribution in [1.29, 1.82) is 0 Å². The summed E-state index contributed by atoms with van der Waals surface area (Å²) in [5.41, 5.74) is 4.82. The highest BCUT2D eigenvalue weighted by Crippen LogP contribution is 2.49. The molecule has 0 aromatic heterocycles. The Morgan fingerprint density at radius 3 is 2.79 bits per heavy atom. The van der Waals surface area contributed by atoms with E-state index in [0.717, 1.165) is 18.4 Å². The van der Waals surface area contributed by atoms with E-state index < -0.39 is 0 Å². The highest BCUT2D eigenvalue weighted by molar-refractivity contribution is 5.72. The first-order valence-corrected chi connectivity index (χ1v) is 7.70. The molecule has 2 unspecified atom stereocenters. The summed E-state index contributed by atoms with van der Waals surface area (Å²) in [7, 11) is 4.31. The Balaban J connectivity index is 1.91. The largest absolute Gasteiger partial charge is 0.309 e. The van der Waals surface area contributed by atoms with E-state index in [1.54, 1.807) is 16.7 Å². The molecule has 1 aromatic rings. The molecule has 3 rings (SSSR count). The molecule has 1 heteroatoms. The Bertz CT molecular complexity index is 472. The molecule has 0 amide bonds. The SMILES string of the molecule is CN(C)CC/C=C1\c2ccccc2C2CCCC1C2. The van der Waals surface area contributed by atoms with Crippen LogP contribution >= 0.6 is 0 Å². The molecule has 2 bridgehead atoms. The van der Waals surface area contributed by atoms with E-state index >= 15 is 0 Å². The zero-order valence-electron chi connectivity index (χ0n) is 12.2. The first kappa shape index (κ1) is 12.9. The van der Waals surface area contributed by atoms with Gasteiger partial charge in [-0.2, -0.15) is 0 Å². The van der Waals surface area contributed by atoms with E-state index in [1.165, 1.54) is 32.1 Å². The molecule has 0 aliphatic heterocycles. The Hall–Kier alpha value is -1.08. The number of rotatable bonds is 3. The maximum absolute atomic E-state index is 2.52. The maximum Gasteiger partial charge on any atom is 0.00100 e. The lowest BCUT2D eigenvalue weighted by atomic mass is 9.66. The van der Waals surface area contributed by atoms with Gasteiger partial charge in [0.15, 0.2) is 0 Å². The van der Waals surface area contributed by atoms with Crippen molar-refractivity contribution < 1.29 is 0 Å². The van der Waals surface area contributed by atoms with Gasteiger partial charge in [-0.25, -0.2) is 0 Å². The van der Waals surface area contributed by atoms with Gasteiger partial charge in [0.2, 0.25) is 0 Å². The minimum Gasteiger partial charge on any atom is -0.309 e. The lowest BCUT2D eigenvalue weighted by Gasteiger charge is -2.38. The fourth-order valence-corrected chi connectivity index (χ4v) is 3.85. The van der Waals surface area contributed by atoms with Gasteiger partial charge in [0.05, 0.1) is 0 Å². The summed E-state index contributed by atoms with van der Waals surface area (Å²) in [6.45, 7) is 1.15. The zero-order valence-corrected chi connectivity index (χ0v) is 12.2. The van der Waals surface area contributed by atoms with Crippen LogP contribution in [0.3, 0.4) is 0 Å². The smallest absolute Gasteiger partial charge is 0.00100 e. The molecule has 19 heavy (non-hydrogen) atoms. The molecule has 0 spiro atoms. The van der Waals surface area contributed by atoms with E-state index in [9.17, 15) is 0 Å². The van der Waals surface area contributed by atoms with Crippen LogP contribution in [0.1, 0.15) is 49.1 Å². The monoisotopic (exact) mass is 255 g/mol. The van der Waals surface area contributed by atoms with Gasteiger partial charge < -0.3 is 4.90 Å². The standard InChI is InChI=1S/C18H25N/c1-19(2)12-6-11-17-15-8-5-7-14(13-15)16-9-3-4-10-18(16)17/h3-4,9-11,14-15H,5-8,12-13H2,1-2H3/b17-11-. The van der Waals surface area contributed by atoms with Crippen LogP contribution in [0.25, 0.3) is 5.57 Å². The van der Waals surface area contributed by atoms with Crippen LogP contribution in [0.4, 0.5) is 0 Å². The second-order valence-electron chi connectivity index (χ2n) is 6.40. The third kappa shape index (κ3) is 2.62. The van der Waals surface area contributed by atoms with Crippen molar-refractivity contribution in [3.63, 3.8) is 0 Å². The average molecular weight is 255 g/mol. The van der Waals surface area contributed by atoms with Crippen molar-refractivity contribution in [2.45, 2.75) is 38.0 Å². The summed E-state index contributed by atoms with van der Waals surface area (Å²) in [6.07, 6.45) is 9.31. The Morgan fingerprint density at radius 1 is 1.16 bits per heavy atom. The van der Waals surface area contributed by atoms with Crippen molar-refractivity contribution in [3.05, 3.63) is 41.5 Å². The van der Waals surface area contributed by atoms with Gasteiger partial charge in [-0.05, 0) is 68.3 Å². The molecule has 0 heterocycles. The molecule has 2 aliphatic carbocycles. The molecule has 0 N–H and O–H groups in total. The molecule has 2 aliphatic rings. The molecule has 1 nitrogen and oxygen atoms in total. The Morgan fingerprint density at radius 2 is 1.95 bits per heavy atom. The average Bonchev–Trinajstić information content (AvgIpc) is 2.43. The van der Waals surface area contributed by atoms with Crippen molar-refractivity contribution in [2.24, 2.45) is 5.92 Å². The predicted octanol–water partition coefficient (Wildman–Crippen LogP) is 4.31. The lowest BCUT2D eigenvalue weighted by Crippen LogP contribution is -2.22. The van der Waals surface area contributed by atoms with Crippen molar-refractivity contribution >= 4 is 5.57 Å². The van der Waals surface area contributed by atoms with E-state index in [0.29, 0.717) is 0 Å². The van der Waals surface area contributed by atoms with Crippen LogP contribution in [-0.4, -0.2) is 25.5 Å². The molecular formula is C18H25N. The summed E-state index contributed by atoms with van der Waals surface area (Å²) in [4.78, 5) is 2.27.